The van der Waals surface area contributed by atoms with Crippen LogP contribution in [0.5, 0.6) is 0 Å². The smallest absolute Gasteiger partial charge is 0.106 e. The van der Waals surface area contributed by atoms with Crippen molar-refractivity contribution < 1.29 is 0 Å². The van der Waals surface area contributed by atoms with Crippen molar-refractivity contribution in [2.24, 2.45) is 0 Å². The van der Waals surface area contributed by atoms with Gasteiger partial charge in [0.25, 0.3) is 0 Å². The lowest BCUT2D eigenvalue weighted by Crippen LogP contribution is -1.88. The number of hydrogen-bond donors (Lipinski definition) is 0. The summed E-state index contributed by atoms with van der Waals surface area (Å²) < 4.78 is 0.945. The molecule has 0 aliphatic rings. The van der Waals surface area contributed by atoms with E-state index in [-0.39, 0.29) is 0 Å². The van der Waals surface area contributed by atoms with Gasteiger partial charge in [0.2, 0.25) is 0 Å². The highest BCUT2D eigenvalue weighted by molar-refractivity contribution is 9.10. The molecule has 1 rings (SSSR count). The summed E-state index contributed by atoms with van der Waals surface area (Å²) in [6.45, 7) is 4.20. The second-order valence-corrected chi connectivity index (χ2v) is 3.50. The molecule has 1 aromatic rings. The van der Waals surface area contributed by atoms with Gasteiger partial charge in [-0.3, -0.25) is 0 Å². The number of hydrogen-bond acceptors (Lipinski definition) is 1. The molecule has 1 aromatic heterocycles. The molecule has 1 heterocycles. The van der Waals surface area contributed by atoms with Gasteiger partial charge in [-0.15, -0.1) is 0 Å². The fourth-order valence-corrected chi connectivity index (χ4v) is 1.70. The van der Waals surface area contributed by atoms with Crippen molar-refractivity contribution in [1.29, 1.82) is 0 Å². The van der Waals surface area contributed by atoms with Gasteiger partial charge in [-0.1, -0.05) is 13.3 Å². The van der Waals surface area contributed by atoms with E-state index in [1.54, 1.807) is 0 Å². The Hall–Kier alpha value is -0.370. The van der Waals surface area contributed by atoms with Crippen LogP contribution in [0.3, 0.4) is 0 Å². The third-order valence-electron chi connectivity index (χ3n) is 1.52. The predicted octanol–water partition coefficient (Wildman–Crippen LogP) is 3.11. The Labute approximate surface area is 76.0 Å². The molecule has 0 saturated heterocycles. The topological polar surface area (TPSA) is 12.9 Å². The normalized spacial score (nSPS) is 10.1. The molecular formula is C9H12BrN. The molecule has 0 bridgehead atoms. The summed E-state index contributed by atoms with van der Waals surface area (Å²) in [6.07, 6.45) is 2.33. The molecule has 0 amide bonds. The van der Waals surface area contributed by atoms with E-state index >= 15 is 0 Å². The van der Waals surface area contributed by atoms with Gasteiger partial charge in [0, 0.05) is 5.69 Å². The number of pyridine rings is 1. The summed E-state index contributed by atoms with van der Waals surface area (Å²) in [5.41, 5.74) is 2.45. The summed E-state index contributed by atoms with van der Waals surface area (Å²) in [7, 11) is 0. The first-order valence-corrected chi connectivity index (χ1v) is 4.64. The van der Waals surface area contributed by atoms with Crippen LogP contribution in [0.1, 0.15) is 24.6 Å². The third-order valence-corrected chi connectivity index (χ3v) is 1.93. The molecule has 0 aliphatic carbocycles. The van der Waals surface area contributed by atoms with E-state index < -0.39 is 0 Å². The fraction of sp³-hybridized carbons (Fsp3) is 0.444. The van der Waals surface area contributed by atoms with E-state index in [0.29, 0.717) is 0 Å². The number of rotatable bonds is 2. The highest BCUT2D eigenvalue weighted by atomic mass is 79.9. The largest absolute Gasteiger partial charge is 0.246 e. The van der Waals surface area contributed by atoms with E-state index in [0.717, 1.165) is 16.7 Å². The molecule has 0 saturated carbocycles. The monoisotopic (exact) mass is 213 g/mol. The summed E-state index contributed by atoms with van der Waals surface area (Å²) in [4.78, 5) is 4.23. The van der Waals surface area contributed by atoms with E-state index in [4.69, 9.17) is 0 Å². The Bertz CT molecular complexity index is 225. The van der Waals surface area contributed by atoms with Crippen molar-refractivity contribution in [3.63, 3.8) is 0 Å². The van der Waals surface area contributed by atoms with Crippen LogP contribution >= 0.6 is 15.9 Å². The Morgan fingerprint density at radius 1 is 1.45 bits per heavy atom. The zero-order chi connectivity index (χ0) is 8.27. The molecule has 0 N–H and O–H groups in total. The number of halogens is 1. The van der Waals surface area contributed by atoms with Gasteiger partial charge in [-0.2, -0.15) is 0 Å². The SMILES string of the molecule is CCCc1cc(C)nc(Br)c1. The second kappa shape index (κ2) is 3.86. The maximum atomic E-state index is 4.23. The highest BCUT2D eigenvalue weighted by Crippen LogP contribution is 2.12. The molecular weight excluding hydrogens is 202 g/mol. The first kappa shape index (κ1) is 8.72. The number of aromatic nitrogens is 1. The quantitative estimate of drug-likeness (QED) is 0.689. The van der Waals surface area contributed by atoms with E-state index in [9.17, 15) is 0 Å². The molecule has 0 fully saturated rings. The zero-order valence-electron chi connectivity index (χ0n) is 6.89. The highest BCUT2D eigenvalue weighted by Gasteiger charge is 1.95. The van der Waals surface area contributed by atoms with Gasteiger partial charge in [0.15, 0.2) is 0 Å². The van der Waals surface area contributed by atoms with Gasteiger partial charge in [0.1, 0.15) is 4.60 Å². The van der Waals surface area contributed by atoms with E-state index in [1.807, 2.05) is 6.92 Å². The Kier molecular flexibility index (Phi) is 3.06. The number of aryl methyl sites for hydroxylation is 2. The third kappa shape index (κ3) is 2.62. The zero-order valence-corrected chi connectivity index (χ0v) is 8.48. The van der Waals surface area contributed by atoms with E-state index in [2.05, 4.69) is 40.0 Å². The first-order chi connectivity index (χ1) is 5.22. The Morgan fingerprint density at radius 2 is 2.18 bits per heavy atom. The summed E-state index contributed by atoms with van der Waals surface area (Å²) in [5.74, 6) is 0. The maximum absolute atomic E-state index is 4.23. The van der Waals surface area contributed by atoms with Crippen molar-refractivity contribution in [1.82, 2.24) is 4.98 Å². The minimum atomic E-state index is 0.945. The fourth-order valence-electron chi connectivity index (χ4n) is 1.13. The Morgan fingerprint density at radius 3 is 2.73 bits per heavy atom. The summed E-state index contributed by atoms with van der Waals surface area (Å²) >= 11 is 3.37. The first-order valence-electron chi connectivity index (χ1n) is 3.85. The van der Waals surface area contributed by atoms with Crippen LogP contribution in [0.2, 0.25) is 0 Å². The predicted molar refractivity (Wildman–Crippen MR) is 50.7 cm³/mol. The minimum absolute atomic E-state index is 0.945. The van der Waals surface area contributed by atoms with Crippen molar-refractivity contribution in [3.8, 4) is 0 Å². The molecule has 2 heteroatoms. The van der Waals surface area contributed by atoms with Gasteiger partial charge >= 0.3 is 0 Å². The summed E-state index contributed by atoms with van der Waals surface area (Å²) in [6, 6.07) is 4.21. The average Bonchev–Trinajstić information content (AvgIpc) is 1.85. The lowest BCUT2D eigenvalue weighted by molar-refractivity contribution is 0.911. The van der Waals surface area contributed by atoms with Gasteiger partial charge in [-0.05, 0) is 47.0 Å². The molecule has 1 nitrogen and oxygen atoms in total. The minimum Gasteiger partial charge on any atom is -0.246 e. The van der Waals surface area contributed by atoms with Crippen LogP contribution in [0, 0.1) is 6.92 Å². The van der Waals surface area contributed by atoms with Crippen LogP contribution in [0.15, 0.2) is 16.7 Å². The molecule has 0 atom stereocenters. The lowest BCUT2D eigenvalue weighted by Gasteiger charge is -2.00. The van der Waals surface area contributed by atoms with E-state index in [1.165, 1.54) is 12.0 Å². The Balaban J connectivity index is 2.89. The molecule has 60 valence electrons. The average molecular weight is 214 g/mol. The molecule has 0 spiro atoms. The van der Waals surface area contributed by atoms with Crippen LogP contribution < -0.4 is 0 Å². The molecule has 0 radical (unpaired) electrons. The van der Waals surface area contributed by atoms with Crippen molar-refractivity contribution in [2.45, 2.75) is 26.7 Å². The van der Waals surface area contributed by atoms with Crippen LogP contribution in [-0.4, -0.2) is 4.98 Å². The van der Waals surface area contributed by atoms with Crippen molar-refractivity contribution in [3.05, 3.63) is 28.0 Å². The van der Waals surface area contributed by atoms with Crippen LogP contribution in [0.4, 0.5) is 0 Å². The molecule has 11 heavy (non-hydrogen) atoms. The molecule has 0 aromatic carbocycles. The van der Waals surface area contributed by atoms with Crippen molar-refractivity contribution in [2.75, 3.05) is 0 Å². The van der Waals surface area contributed by atoms with Gasteiger partial charge < -0.3 is 0 Å². The second-order valence-electron chi connectivity index (χ2n) is 2.69. The lowest BCUT2D eigenvalue weighted by atomic mass is 10.1. The molecule has 0 unspecified atom stereocenters. The van der Waals surface area contributed by atoms with Gasteiger partial charge in [0.05, 0.1) is 0 Å². The van der Waals surface area contributed by atoms with Crippen molar-refractivity contribution >= 4 is 15.9 Å². The maximum Gasteiger partial charge on any atom is 0.106 e. The molecule has 0 aliphatic heterocycles. The summed E-state index contributed by atoms with van der Waals surface area (Å²) in [5, 5.41) is 0. The standard InChI is InChI=1S/C9H12BrN/c1-3-4-8-5-7(2)11-9(10)6-8/h5-6H,3-4H2,1-2H3. The number of nitrogens with zero attached hydrogens (tertiary/aromatic N) is 1. The van der Waals surface area contributed by atoms with Gasteiger partial charge in [-0.25, -0.2) is 4.98 Å². The van der Waals surface area contributed by atoms with Crippen LogP contribution in [-0.2, 0) is 6.42 Å². The van der Waals surface area contributed by atoms with Crippen LogP contribution in [0.25, 0.3) is 0 Å².